The van der Waals surface area contributed by atoms with Crippen LogP contribution in [0, 0.1) is 5.92 Å². The average molecular weight is 406 g/mol. The molecule has 0 radical (unpaired) electrons. The molecule has 0 saturated heterocycles. The Morgan fingerprint density at radius 1 is 1.10 bits per heavy atom. The first-order chi connectivity index (χ1) is 14.7. The number of aromatic nitrogens is 4. The Hall–Kier alpha value is -2.80. The molecule has 2 heterocycles. The number of fused-ring (bicyclic) bond motifs is 3. The van der Waals surface area contributed by atoms with Crippen LogP contribution in [0.15, 0.2) is 30.5 Å². The second-order valence-electron chi connectivity index (χ2n) is 8.38. The van der Waals surface area contributed by atoms with Gasteiger partial charge in [0.1, 0.15) is 0 Å². The van der Waals surface area contributed by atoms with E-state index in [-0.39, 0.29) is 17.9 Å². The number of nitrogens with zero attached hydrogens (tertiary/aromatic N) is 4. The van der Waals surface area contributed by atoms with Crippen LogP contribution in [0.5, 0.6) is 0 Å². The Morgan fingerprint density at radius 2 is 1.93 bits per heavy atom. The van der Waals surface area contributed by atoms with Crippen molar-refractivity contribution in [3.8, 4) is 11.3 Å². The molecule has 2 unspecified atom stereocenters. The second kappa shape index (κ2) is 8.14. The lowest BCUT2D eigenvalue weighted by molar-refractivity contribution is -0.122. The van der Waals surface area contributed by atoms with Gasteiger partial charge >= 0.3 is 0 Å². The fourth-order valence-electron chi connectivity index (χ4n) is 4.69. The summed E-state index contributed by atoms with van der Waals surface area (Å²) in [4.78, 5) is 17.3. The van der Waals surface area contributed by atoms with Crippen molar-refractivity contribution in [2.75, 3.05) is 12.4 Å². The van der Waals surface area contributed by atoms with Crippen LogP contribution in [0.2, 0.25) is 0 Å². The van der Waals surface area contributed by atoms with E-state index < -0.39 is 0 Å². The summed E-state index contributed by atoms with van der Waals surface area (Å²) in [6, 6.07) is 7.87. The summed E-state index contributed by atoms with van der Waals surface area (Å²) in [6.45, 7) is 0. The highest BCUT2D eigenvalue weighted by atomic mass is 16.5. The van der Waals surface area contributed by atoms with Crippen LogP contribution in [0.1, 0.15) is 49.9 Å². The molecule has 0 bridgehead atoms. The van der Waals surface area contributed by atoms with Gasteiger partial charge in [-0.2, -0.15) is 5.10 Å². The number of aryl methyl sites for hydroxylation is 2. The zero-order valence-electron chi connectivity index (χ0n) is 17.3. The number of amides is 1. The number of rotatable bonds is 4. The van der Waals surface area contributed by atoms with E-state index in [1.165, 1.54) is 18.5 Å². The molecule has 5 rings (SSSR count). The standard InChI is InChI=1S/C23H27N5O2/c1-30-18-6-4-5-16(13-18)22(29)24-17-11-9-15(10-12-17)20-14-28-21-8-3-2-7-19(21)26-27-23(28)25-20/h9-12,14,16,18H,2-8,13H2,1H3,(H,24,29). The topological polar surface area (TPSA) is 81.4 Å². The Kier molecular flexibility index (Phi) is 5.21. The van der Waals surface area contributed by atoms with E-state index in [1.54, 1.807) is 7.11 Å². The molecule has 1 aromatic carbocycles. The van der Waals surface area contributed by atoms with Crippen molar-refractivity contribution in [1.29, 1.82) is 0 Å². The molecule has 1 fully saturated rings. The van der Waals surface area contributed by atoms with Gasteiger partial charge in [-0.05, 0) is 57.1 Å². The third kappa shape index (κ3) is 3.69. The molecule has 0 aliphatic heterocycles. The first kappa shape index (κ1) is 19.2. The summed E-state index contributed by atoms with van der Waals surface area (Å²) in [5.74, 6) is 0.749. The molecule has 156 valence electrons. The summed E-state index contributed by atoms with van der Waals surface area (Å²) >= 11 is 0. The average Bonchev–Trinajstić information content (AvgIpc) is 3.24. The van der Waals surface area contributed by atoms with Crippen LogP contribution in [0.3, 0.4) is 0 Å². The highest BCUT2D eigenvalue weighted by Crippen LogP contribution is 2.28. The highest BCUT2D eigenvalue weighted by Gasteiger charge is 2.27. The molecule has 1 amide bonds. The zero-order valence-corrected chi connectivity index (χ0v) is 17.3. The van der Waals surface area contributed by atoms with Crippen LogP contribution < -0.4 is 5.32 Å². The van der Waals surface area contributed by atoms with Crippen molar-refractivity contribution < 1.29 is 9.53 Å². The van der Waals surface area contributed by atoms with Crippen LogP contribution in [0.4, 0.5) is 5.69 Å². The Bertz CT molecular complexity index is 1060. The minimum absolute atomic E-state index is 0.0200. The molecule has 2 aromatic heterocycles. The van der Waals surface area contributed by atoms with Crippen molar-refractivity contribution in [1.82, 2.24) is 19.6 Å². The van der Waals surface area contributed by atoms with Crippen molar-refractivity contribution in [3.63, 3.8) is 0 Å². The van der Waals surface area contributed by atoms with E-state index in [0.717, 1.165) is 61.2 Å². The van der Waals surface area contributed by atoms with Gasteiger partial charge in [0, 0.05) is 36.2 Å². The molecule has 30 heavy (non-hydrogen) atoms. The number of methoxy groups -OCH3 is 1. The van der Waals surface area contributed by atoms with E-state index in [2.05, 4.69) is 31.1 Å². The third-order valence-electron chi connectivity index (χ3n) is 6.43. The van der Waals surface area contributed by atoms with E-state index in [0.29, 0.717) is 5.78 Å². The summed E-state index contributed by atoms with van der Waals surface area (Å²) in [6.07, 6.45) is 10.4. The number of nitrogens with one attached hydrogen (secondary N) is 1. The van der Waals surface area contributed by atoms with Crippen LogP contribution in [0.25, 0.3) is 17.0 Å². The SMILES string of the molecule is COC1CCCC(C(=O)Nc2ccc(-c3cn4c5c(nnc4n3)CCCC5)cc2)C1. The van der Waals surface area contributed by atoms with Crippen molar-refractivity contribution in [2.45, 2.75) is 57.5 Å². The van der Waals surface area contributed by atoms with E-state index in [4.69, 9.17) is 4.74 Å². The first-order valence-corrected chi connectivity index (χ1v) is 10.9. The number of imidazole rings is 1. The Labute approximate surface area is 175 Å². The second-order valence-corrected chi connectivity index (χ2v) is 8.38. The predicted octanol–water partition coefficient (Wildman–Crippen LogP) is 3.81. The molecular formula is C23H27N5O2. The molecular weight excluding hydrogens is 378 g/mol. The molecule has 1 saturated carbocycles. The lowest BCUT2D eigenvalue weighted by atomic mass is 9.86. The van der Waals surface area contributed by atoms with Gasteiger partial charge in [-0.25, -0.2) is 4.98 Å². The van der Waals surface area contributed by atoms with Crippen molar-refractivity contribution in [3.05, 3.63) is 41.9 Å². The molecule has 3 aromatic rings. The maximum Gasteiger partial charge on any atom is 0.254 e. The number of hydrogen-bond donors (Lipinski definition) is 1. The number of ether oxygens (including phenoxy) is 1. The Morgan fingerprint density at radius 3 is 2.77 bits per heavy atom. The Balaban J connectivity index is 1.32. The molecule has 7 nitrogen and oxygen atoms in total. The van der Waals surface area contributed by atoms with Gasteiger partial charge in [0.05, 0.1) is 17.5 Å². The van der Waals surface area contributed by atoms with Crippen LogP contribution in [-0.4, -0.2) is 38.7 Å². The van der Waals surface area contributed by atoms with Crippen molar-refractivity contribution in [2.24, 2.45) is 5.92 Å². The fourth-order valence-corrected chi connectivity index (χ4v) is 4.69. The van der Waals surface area contributed by atoms with Crippen molar-refractivity contribution >= 4 is 17.4 Å². The monoisotopic (exact) mass is 405 g/mol. The van der Waals surface area contributed by atoms with E-state index in [9.17, 15) is 4.79 Å². The summed E-state index contributed by atoms with van der Waals surface area (Å²) in [7, 11) is 1.73. The maximum absolute atomic E-state index is 12.6. The van der Waals surface area contributed by atoms with Gasteiger partial charge < -0.3 is 10.1 Å². The number of carbonyl (C=O) groups is 1. The van der Waals surface area contributed by atoms with Gasteiger partial charge in [0.25, 0.3) is 5.78 Å². The molecule has 7 heteroatoms. The molecule has 2 aliphatic rings. The molecule has 1 N–H and O–H groups in total. The zero-order chi connectivity index (χ0) is 20.5. The van der Waals surface area contributed by atoms with Gasteiger partial charge in [0.2, 0.25) is 5.91 Å². The summed E-state index contributed by atoms with van der Waals surface area (Å²) in [5, 5.41) is 11.7. The van der Waals surface area contributed by atoms with Crippen LogP contribution >= 0.6 is 0 Å². The minimum atomic E-state index is 0.0200. The summed E-state index contributed by atoms with van der Waals surface area (Å²) in [5.41, 5.74) is 5.01. The lowest BCUT2D eigenvalue weighted by Gasteiger charge is -2.27. The molecule has 2 atom stereocenters. The maximum atomic E-state index is 12.6. The largest absolute Gasteiger partial charge is 0.381 e. The fraction of sp³-hybridized carbons (Fsp3) is 0.478. The van der Waals surface area contributed by atoms with E-state index >= 15 is 0 Å². The minimum Gasteiger partial charge on any atom is -0.381 e. The van der Waals surface area contributed by atoms with Crippen LogP contribution in [-0.2, 0) is 22.4 Å². The highest BCUT2D eigenvalue weighted by molar-refractivity contribution is 5.92. The summed E-state index contributed by atoms with van der Waals surface area (Å²) < 4.78 is 7.53. The number of carbonyl (C=O) groups excluding carboxylic acids is 1. The van der Waals surface area contributed by atoms with E-state index in [1.807, 2.05) is 24.3 Å². The van der Waals surface area contributed by atoms with Gasteiger partial charge in [-0.1, -0.05) is 18.6 Å². The number of hydrogen-bond acceptors (Lipinski definition) is 5. The van der Waals surface area contributed by atoms with Gasteiger partial charge in [0.15, 0.2) is 0 Å². The smallest absolute Gasteiger partial charge is 0.254 e. The predicted molar refractivity (Wildman–Crippen MR) is 114 cm³/mol. The third-order valence-corrected chi connectivity index (χ3v) is 6.43. The lowest BCUT2D eigenvalue weighted by Crippen LogP contribution is -2.30. The normalized spacial score (nSPS) is 21.4. The first-order valence-electron chi connectivity index (χ1n) is 10.9. The molecule has 2 aliphatic carbocycles. The van der Waals surface area contributed by atoms with Gasteiger partial charge in [-0.3, -0.25) is 9.20 Å². The number of anilines is 1. The quantitative estimate of drug-likeness (QED) is 0.714. The van der Waals surface area contributed by atoms with Gasteiger partial charge in [-0.15, -0.1) is 5.10 Å². The molecule has 0 spiro atoms. The number of benzene rings is 1.